The fourth-order valence-electron chi connectivity index (χ4n) is 2.03. The lowest BCUT2D eigenvalue weighted by molar-refractivity contribution is 0.273. The van der Waals surface area contributed by atoms with Crippen LogP contribution in [0.5, 0.6) is 5.75 Å². The van der Waals surface area contributed by atoms with Crippen LogP contribution in [-0.2, 0) is 0 Å². The van der Waals surface area contributed by atoms with E-state index in [2.05, 4.69) is 19.2 Å². The van der Waals surface area contributed by atoms with Crippen LogP contribution in [0, 0.1) is 0 Å². The molecule has 0 saturated carbocycles. The molecule has 3 heteroatoms. The lowest BCUT2D eigenvalue weighted by Gasteiger charge is -2.23. The van der Waals surface area contributed by atoms with Gasteiger partial charge in [0, 0.05) is 24.3 Å². The maximum Gasteiger partial charge on any atom is 0.120 e. The molecule has 3 nitrogen and oxygen atoms in total. The zero-order chi connectivity index (χ0) is 12.7. The maximum absolute atomic E-state index is 9.82. The second kappa shape index (κ2) is 7.30. The van der Waals surface area contributed by atoms with Gasteiger partial charge in [0.1, 0.15) is 5.75 Å². The number of aliphatic hydroxyl groups is 1. The Morgan fingerprint density at radius 2 is 2.00 bits per heavy atom. The molecule has 0 aliphatic heterocycles. The zero-order valence-corrected chi connectivity index (χ0v) is 10.7. The smallest absolute Gasteiger partial charge is 0.120 e. The minimum atomic E-state index is 0.171. The lowest BCUT2D eigenvalue weighted by atomic mass is 10.0. The van der Waals surface area contributed by atoms with E-state index in [1.165, 1.54) is 0 Å². The van der Waals surface area contributed by atoms with Crippen LogP contribution >= 0.6 is 0 Å². The van der Waals surface area contributed by atoms with Crippen molar-refractivity contribution in [3.8, 4) is 5.75 Å². The molecule has 0 saturated heterocycles. The van der Waals surface area contributed by atoms with Crippen LogP contribution in [0.2, 0.25) is 0 Å². The Morgan fingerprint density at radius 3 is 2.59 bits per heavy atom. The Kier molecular flexibility index (Phi) is 6.01. The monoisotopic (exact) mass is 237 g/mol. The second-order valence-corrected chi connectivity index (χ2v) is 4.45. The predicted molar refractivity (Wildman–Crippen MR) is 70.1 cm³/mol. The molecule has 96 valence electrons. The Hall–Kier alpha value is -1.06. The van der Waals surface area contributed by atoms with Gasteiger partial charge in [-0.25, -0.2) is 0 Å². The summed E-state index contributed by atoms with van der Waals surface area (Å²) in [5.41, 5.74) is 0.950. The van der Waals surface area contributed by atoms with Gasteiger partial charge >= 0.3 is 0 Å². The Bertz CT molecular complexity index is 328. The molecule has 2 atom stereocenters. The largest absolute Gasteiger partial charge is 0.508 e. The molecule has 0 bridgehead atoms. The number of aromatic hydroxyl groups is 1. The maximum atomic E-state index is 9.82. The van der Waals surface area contributed by atoms with Crippen LogP contribution in [0.3, 0.4) is 0 Å². The first kappa shape index (κ1) is 14.0. The van der Waals surface area contributed by atoms with E-state index in [0.717, 1.165) is 24.8 Å². The van der Waals surface area contributed by atoms with Gasteiger partial charge in [-0.2, -0.15) is 0 Å². The van der Waals surface area contributed by atoms with Gasteiger partial charge in [-0.05, 0) is 32.3 Å². The highest BCUT2D eigenvalue weighted by molar-refractivity contribution is 5.34. The van der Waals surface area contributed by atoms with Gasteiger partial charge in [-0.15, -0.1) is 0 Å². The summed E-state index contributed by atoms with van der Waals surface area (Å²) in [7, 11) is 0. The predicted octanol–water partition coefficient (Wildman–Crippen LogP) is 2.59. The fraction of sp³-hybridized carbons (Fsp3) is 0.571. The molecular formula is C14H23NO2. The number of rotatable bonds is 7. The quantitative estimate of drug-likeness (QED) is 0.683. The Labute approximate surface area is 103 Å². The summed E-state index contributed by atoms with van der Waals surface area (Å²) in [6.07, 6.45) is 2.69. The molecule has 1 rings (SSSR count). The molecular weight excluding hydrogens is 214 g/mol. The van der Waals surface area contributed by atoms with E-state index in [4.69, 9.17) is 5.11 Å². The van der Waals surface area contributed by atoms with Crippen LogP contribution in [0.1, 0.15) is 44.7 Å². The molecule has 0 aliphatic rings. The average Bonchev–Trinajstić information content (AvgIpc) is 2.34. The first-order valence-electron chi connectivity index (χ1n) is 6.33. The van der Waals surface area contributed by atoms with E-state index in [1.54, 1.807) is 6.07 Å². The number of para-hydroxylation sites is 1. The van der Waals surface area contributed by atoms with Crippen molar-refractivity contribution in [2.75, 3.05) is 6.61 Å². The lowest BCUT2D eigenvalue weighted by Crippen LogP contribution is -2.30. The van der Waals surface area contributed by atoms with Crippen molar-refractivity contribution in [2.45, 2.75) is 45.2 Å². The van der Waals surface area contributed by atoms with E-state index in [-0.39, 0.29) is 12.6 Å². The van der Waals surface area contributed by atoms with Crippen molar-refractivity contribution >= 4 is 0 Å². The van der Waals surface area contributed by atoms with E-state index in [1.807, 2.05) is 18.2 Å². The van der Waals surface area contributed by atoms with E-state index in [9.17, 15) is 5.11 Å². The summed E-state index contributed by atoms with van der Waals surface area (Å²) in [6.45, 7) is 4.45. The van der Waals surface area contributed by atoms with Crippen LogP contribution in [0.15, 0.2) is 24.3 Å². The summed E-state index contributed by atoms with van der Waals surface area (Å²) in [5.74, 6) is 0.348. The topological polar surface area (TPSA) is 52.5 Å². The van der Waals surface area contributed by atoms with Gasteiger partial charge in [0.25, 0.3) is 0 Å². The van der Waals surface area contributed by atoms with E-state index < -0.39 is 0 Å². The average molecular weight is 237 g/mol. The van der Waals surface area contributed by atoms with Crippen molar-refractivity contribution in [2.24, 2.45) is 0 Å². The van der Waals surface area contributed by atoms with Crippen molar-refractivity contribution in [3.63, 3.8) is 0 Å². The summed E-state index contributed by atoms with van der Waals surface area (Å²) >= 11 is 0. The number of benzene rings is 1. The standard InChI is InChI=1S/C14H23NO2/c1-3-13(15-11(2)7-6-10-16)12-8-4-5-9-14(12)17/h4-5,8-9,11,13,15-17H,3,6-7,10H2,1-2H3. The molecule has 0 fully saturated rings. The zero-order valence-electron chi connectivity index (χ0n) is 10.7. The third kappa shape index (κ3) is 4.36. The first-order valence-corrected chi connectivity index (χ1v) is 6.33. The number of phenols is 1. The summed E-state index contributed by atoms with van der Waals surface area (Å²) in [6, 6.07) is 7.96. The molecule has 0 aromatic heterocycles. The summed E-state index contributed by atoms with van der Waals surface area (Å²) < 4.78 is 0. The number of nitrogens with one attached hydrogen (secondary N) is 1. The molecule has 1 aromatic rings. The number of phenolic OH excluding ortho intramolecular Hbond substituents is 1. The van der Waals surface area contributed by atoms with E-state index in [0.29, 0.717) is 11.8 Å². The van der Waals surface area contributed by atoms with Gasteiger partial charge in [-0.3, -0.25) is 0 Å². The minimum Gasteiger partial charge on any atom is -0.508 e. The minimum absolute atomic E-state index is 0.171. The number of hydrogen-bond donors (Lipinski definition) is 3. The Morgan fingerprint density at radius 1 is 1.29 bits per heavy atom. The molecule has 0 spiro atoms. The third-order valence-electron chi connectivity index (χ3n) is 3.00. The van der Waals surface area contributed by atoms with Crippen LogP contribution < -0.4 is 5.32 Å². The Balaban J connectivity index is 2.62. The van der Waals surface area contributed by atoms with E-state index >= 15 is 0 Å². The van der Waals surface area contributed by atoms with Crippen LogP contribution in [-0.4, -0.2) is 22.9 Å². The third-order valence-corrected chi connectivity index (χ3v) is 3.00. The molecule has 0 aliphatic carbocycles. The highest BCUT2D eigenvalue weighted by atomic mass is 16.3. The number of aliphatic hydroxyl groups excluding tert-OH is 1. The van der Waals surface area contributed by atoms with Gasteiger partial charge in [0.2, 0.25) is 0 Å². The highest BCUT2D eigenvalue weighted by Gasteiger charge is 2.14. The van der Waals surface area contributed by atoms with Gasteiger partial charge in [0.05, 0.1) is 0 Å². The van der Waals surface area contributed by atoms with Crippen molar-refractivity contribution < 1.29 is 10.2 Å². The molecule has 17 heavy (non-hydrogen) atoms. The molecule has 1 aromatic carbocycles. The summed E-state index contributed by atoms with van der Waals surface area (Å²) in [5, 5.41) is 22.1. The van der Waals surface area contributed by atoms with Crippen LogP contribution in [0.4, 0.5) is 0 Å². The van der Waals surface area contributed by atoms with Gasteiger partial charge < -0.3 is 15.5 Å². The molecule has 0 radical (unpaired) electrons. The molecule has 0 heterocycles. The number of hydrogen-bond acceptors (Lipinski definition) is 3. The van der Waals surface area contributed by atoms with Crippen molar-refractivity contribution in [1.82, 2.24) is 5.32 Å². The molecule has 3 N–H and O–H groups in total. The SMILES string of the molecule is CCC(NC(C)CCCO)c1ccccc1O. The normalized spacial score (nSPS) is 14.5. The molecule has 0 amide bonds. The highest BCUT2D eigenvalue weighted by Crippen LogP contribution is 2.26. The first-order chi connectivity index (χ1) is 8.19. The van der Waals surface area contributed by atoms with Gasteiger partial charge in [0.15, 0.2) is 0 Å². The summed E-state index contributed by atoms with van der Waals surface area (Å²) in [4.78, 5) is 0. The molecule has 2 unspecified atom stereocenters. The van der Waals surface area contributed by atoms with Crippen molar-refractivity contribution in [1.29, 1.82) is 0 Å². The van der Waals surface area contributed by atoms with Crippen LogP contribution in [0.25, 0.3) is 0 Å². The fourth-order valence-corrected chi connectivity index (χ4v) is 2.03. The van der Waals surface area contributed by atoms with Gasteiger partial charge in [-0.1, -0.05) is 25.1 Å². The van der Waals surface area contributed by atoms with Crippen molar-refractivity contribution in [3.05, 3.63) is 29.8 Å². The second-order valence-electron chi connectivity index (χ2n) is 4.45.